The minimum absolute atomic E-state index is 0.397. The van der Waals surface area contributed by atoms with Gasteiger partial charge in [0.05, 0.1) is 6.26 Å². The van der Waals surface area contributed by atoms with Crippen LogP contribution in [0.2, 0.25) is 0 Å². The summed E-state index contributed by atoms with van der Waals surface area (Å²) in [6, 6.07) is 0. The molecular weight excluding hydrogens is 114 g/mol. The van der Waals surface area contributed by atoms with Crippen LogP contribution in [-0.4, -0.2) is 18.6 Å². The third-order valence-corrected chi connectivity index (χ3v) is 0.503. The minimum Gasteiger partial charge on any atom is -0.543 e. The molecule has 0 bridgehead atoms. The molecule has 0 heterocycles. The van der Waals surface area contributed by atoms with Crippen molar-refractivity contribution < 1.29 is 9.68 Å². The van der Waals surface area contributed by atoms with E-state index >= 15 is 0 Å². The first-order valence-corrected chi connectivity index (χ1v) is 2.27. The summed E-state index contributed by atoms with van der Waals surface area (Å²) >= 11 is 5.17. The molecule has 0 saturated carbocycles. The molecule has 7 heavy (non-hydrogen) atoms. The summed E-state index contributed by atoms with van der Waals surface area (Å²) in [5.41, 5.74) is 0. The fourth-order valence-corrected chi connectivity index (χ4v) is 0.200. The van der Waals surface area contributed by atoms with E-state index in [-0.39, 0.29) is 0 Å². The van der Waals surface area contributed by atoms with Crippen molar-refractivity contribution in [3.05, 3.63) is 12.3 Å². The summed E-state index contributed by atoms with van der Waals surface area (Å²) in [6.07, 6.45) is 2.86. The third kappa shape index (κ3) is 5.85. The second-order valence-electron chi connectivity index (χ2n) is 0.768. The smallest absolute Gasteiger partial charge is 0.543 e. The molecule has 0 unspecified atom stereocenters. The highest BCUT2D eigenvalue weighted by atomic mass is 35.5. The third-order valence-electron chi connectivity index (χ3n) is 0.325. The fourth-order valence-electron chi connectivity index (χ4n) is 0.127. The zero-order valence-electron chi connectivity index (χ0n) is 3.67. The molecule has 0 aliphatic carbocycles. The van der Waals surface area contributed by atoms with Crippen molar-refractivity contribution in [1.29, 1.82) is 0 Å². The minimum atomic E-state index is 0.397. The lowest BCUT2D eigenvalue weighted by Gasteiger charge is -1.84. The van der Waals surface area contributed by atoms with Crippen LogP contribution >= 0.6 is 11.6 Å². The highest BCUT2D eigenvalue weighted by molar-refractivity contribution is 6.19. The number of allylic oxidation sites excluding steroid dienone is 1. The van der Waals surface area contributed by atoms with E-state index < -0.39 is 0 Å². The van der Waals surface area contributed by atoms with Gasteiger partial charge in [0, 0.05) is 5.88 Å². The predicted molar refractivity (Wildman–Crippen MR) is 28.9 cm³/mol. The van der Waals surface area contributed by atoms with E-state index in [0.29, 0.717) is 13.6 Å². The summed E-state index contributed by atoms with van der Waals surface area (Å²) in [5.74, 6) is 0.397. The van der Waals surface area contributed by atoms with Crippen LogP contribution in [0.25, 0.3) is 0 Å². The molecule has 0 aliphatic heterocycles. The van der Waals surface area contributed by atoms with Gasteiger partial charge in [-0.05, 0) is 6.08 Å². The van der Waals surface area contributed by atoms with Crippen LogP contribution in [0.3, 0.4) is 0 Å². The van der Waals surface area contributed by atoms with Crippen LogP contribution in [-0.2, 0) is 4.65 Å². The van der Waals surface area contributed by atoms with Gasteiger partial charge in [-0.2, -0.15) is 0 Å². The molecule has 0 rings (SSSR count). The Bertz CT molecular complexity index is 56.9. The van der Waals surface area contributed by atoms with Crippen molar-refractivity contribution in [3.8, 4) is 0 Å². The lowest BCUT2D eigenvalue weighted by atomic mass is 10.4. The number of hydrogen-bond acceptors (Lipinski definition) is 2. The Balaban J connectivity index is 2.78. The predicted octanol–water partition coefficient (Wildman–Crippen LogP) is 0.282. The van der Waals surface area contributed by atoms with Crippen molar-refractivity contribution in [2.45, 2.75) is 0 Å². The second kappa shape index (κ2) is 5.85. The first-order valence-electron chi connectivity index (χ1n) is 1.74. The highest BCUT2D eigenvalue weighted by Gasteiger charge is 1.75. The van der Waals surface area contributed by atoms with Gasteiger partial charge < -0.3 is 9.68 Å². The first kappa shape index (κ1) is 6.85. The molecule has 0 saturated heterocycles. The largest absolute Gasteiger partial charge is 0.568 e. The van der Waals surface area contributed by atoms with Crippen LogP contribution < -0.4 is 0 Å². The van der Waals surface area contributed by atoms with Crippen LogP contribution in [0.15, 0.2) is 12.3 Å². The number of rotatable bonds is 3. The van der Waals surface area contributed by atoms with Crippen LogP contribution in [0, 0.1) is 0 Å². The molecule has 1 radical (unpaired) electrons. The van der Waals surface area contributed by atoms with Gasteiger partial charge >= 0.3 is 7.69 Å². The van der Waals surface area contributed by atoms with Gasteiger partial charge in [0.25, 0.3) is 0 Å². The molecule has 0 atom stereocenters. The zero-order valence-corrected chi connectivity index (χ0v) is 4.43. The van der Waals surface area contributed by atoms with Gasteiger partial charge in [0.1, 0.15) is 0 Å². The lowest BCUT2D eigenvalue weighted by Crippen LogP contribution is -1.86. The van der Waals surface area contributed by atoms with Crippen molar-refractivity contribution >= 4 is 19.3 Å². The normalized spacial score (nSPS) is 9.43. The van der Waals surface area contributed by atoms with Crippen molar-refractivity contribution in [1.82, 2.24) is 0 Å². The summed E-state index contributed by atoms with van der Waals surface area (Å²) < 4.78 is 4.24. The van der Waals surface area contributed by atoms with E-state index in [2.05, 4.69) is 4.65 Å². The molecule has 4 heteroatoms. The molecule has 39 valence electrons. The fraction of sp³-hybridized carbons (Fsp3) is 0.333. The van der Waals surface area contributed by atoms with Crippen molar-refractivity contribution in [2.75, 3.05) is 5.88 Å². The standard InChI is InChI=1S/C3H5BClO2/c5-2-1-3-7-4-6/h1,3,6H,2H2/b3-1+. The molecule has 2 nitrogen and oxygen atoms in total. The Labute approximate surface area is 48.0 Å². The van der Waals surface area contributed by atoms with Gasteiger partial charge in [-0.1, -0.05) is 0 Å². The van der Waals surface area contributed by atoms with Gasteiger partial charge in [-0.15, -0.1) is 11.6 Å². The van der Waals surface area contributed by atoms with Crippen molar-refractivity contribution in [2.24, 2.45) is 0 Å². The Morgan fingerprint density at radius 2 is 2.57 bits per heavy atom. The summed E-state index contributed by atoms with van der Waals surface area (Å²) in [5, 5.41) is 7.85. The number of hydrogen-bond donors (Lipinski definition) is 1. The van der Waals surface area contributed by atoms with Crippen LogP contribution in [0.1, 0.15) is 0 Å². The maximum Gasteiger partial charge on any atom is 0.568 e. The zero-order chi connectivity index (χ0) is 5.54. The van der Waals surface area contributed by atoms with Gasteiger partial charge in [0.2, 0.25) is 0 Å². The van der Waals surface area contributed by atoms with Crippen LogP contribution in [0.4, 0.5) is 0 Å². The lowest BCUT2D eigenvalue weighted by molar-refractivity contribution is 0.406. The molecule has 0 spiro atoms. The van der Waals surface area contributed by atoms with E-state index in [0.717, 1.165) is 0 Å². The molecule has 0 aromatic carbocycles. The molecule has 0 amide bonds. The summed E-state index contributed by atoms with van der Waals surface area (Å²) in [4.78, 5) is 0. The Hall–Kier alpha value is -0.145. The monoisotopic (exact) mass is 119 g/mol. The van der Waals surface area contributed by atoms with E-state index in [1.807, 2.05) is 0 Å². The average molecular weight is 119 g/mol. The van der Waals surface area contributed by atoms with E-state index in [1.165, 1.54) is 6.26 Å². The van der Waals surface area contributed by atoms with E-state index in [4.69, 9.17) is 16.6 Å². The van der Waals surface area contributed by atoms with E-state index in [1.54, 1.807) is 6.08 Å². The second-order valence-corrected chi connectivity index (χ2v) is 1.08. The first-order chi connectivity index (χ1) is 3.41. The topological polar surface area (TPSA) is 29.5 Å². The van der Waals surface area contributed by atoms with Gasteiger partial charge in [-0.25, -0.2) is 0 Å². The van der Waals surface area contributed by atoms with Gasteiger partial charge in [0.15, 0.2) is 0 Å². The molecule has 1 N–H and O–H groups in total. The Morgan fingerprint density at radius 3 is 3.00 bits per heavy atom. The van der Waals surface area contributed by atoms with E-state index in [9.17, 15) is 0 Å². The highest BCUT2D eigenvalue weighted by Crippen LogP contribution is 1.76. The molecule has 0 aromatic heterocycles. The summed E-state index contributed by atoms with van der Waals surface area (Å²) in [6.45, 7) is 0. The molecular formula is C3H5BClO2. The summed E-state index contributed by atoms with van der Waals surface area (Å²) in [7, 11) is 0.586. The van der Waals surface area contributed by atoms with Crippen LogP contribution in [0.5, 0.6) is 0 Å². The maximum absolute atomic E-state index is 7.85. The Kier molecular flexibility index (Phi) is 5.73. The molecule has 0 aliphatic rings. The average Bonchev–Trinajstić information content (AvgIpc) is 1.69. The molecule has 0 fully saturated rings. The SMILES string of the molecule is O[B]O/C=C/CCl. The Morgan fingerprint density at radius 1 is 1.86 bits per heavy atom. The molecule has 0 aromatic rings. The van der Waals surface area contributed by atoms with Crippen molar-refractivity contribution in [3.63, 3.8) is 0 Å². The van der Waals surface area contributed by atoms with Gasteiger partial charge in [-0.3, -0.25) is 0 Å². The number of halogens is 1. The maximum atomic E-state index is 7.85. The number of alkyl halides is 1. The quantitative estimate of drug-likeness (QED) is 0.328.